The van der Waals surface area contributed by atoms with Gasteiger partial charge >= 0.3 is 0 Å². The molecule has 5 rings (SSSR count). The number of sulfonamides is 1. The molecule has 36 heavy (non-hydrogen) atoms. The quantitative estimate of drug-likeness (QED) is 0.273. The van der Waals surface area contributed by atoms with Crippen LogP contribution in [0.2, 0.25) is 15.2 Å². The van der Waals surface area contributed by atoms with Crippen molar-refractivity contribution in [3.05, 3.63) is 74.8 Å². The van der Waals surface area contributed by atoms with Gasteiger partial charge in [0.15, 0.2) is 15.1 Å². The Morgan fingerprint density at radius 1 is 1.17 bits per heavy atom. The van der Waals surface area contributed by atoms with E-state index in [2.05, 4.69) is 9.71 Å². The Kier molecular flexibility index (Phi) is 7.17. The number of ether oxygens (including phenoxy) is 1. The lowest BCUT2D eigenvalue weighted by Gasteiger charge is -2.25. The Balaban J connectivity index is 1.43. The van der Waals surface area contributed by atoms with Gasteiger partial charge in [-0.2, -0.15) is 5.10 Å². The second-order valence-corrected chi connectivity index (χ2v) is 11.7. The maximum Gasteiger partial charge on any atom is 0.260 e. The van der Waals surface area contributed by atoms with Crippen LogP contribution in [-0.2, 0) is 10.0 Å². The lowest BCUT2D eigenvalue weighted by atomic mass is 10.0. The fourth-order valence-electron chi connectivity index (χ4n) is 4.01. The average Bonchev–Trinajstić information content (AvgIpc) is 3.53. The lowest BCUT2D eigenvalue weighted by Crippen LogP contribution is -2.30. The van der Waals surface area contributed by atoms with Crippen molar-refractivity contribution in [3.63, 3.8) is 0 Å². The molecule has 0 amide bonds. The van der Waals surface area contributed by atoms with E-state index >= 15 is 0 Å². The summed E-state index contributed by atoms with van der Waals surface area (Å²) in [5, 5.41) is 9.04. The summed E-state index contributed by atoms with van der Waals surface area (Å²) in [6.07, 6.45) is 2.09. The zero-order valence-corrected chi connectivity index (χ0v) is 22.8. The summed E-state index contributed by atoms with van der Waals surface area (Å²) in [5.74, 6) is 0.765. The number of anilines is 1. The van der Waals surface area contributed by atoms with Crippen LogP contribution < -0.4 is 14.5 Å². The van der Waals surface area contributed by atoms with Gasteiger partial charge in [0.25, 0.3) is 10.0 Å². The predicted molar refractivity (Wildman–Crippen MR) is 145 cm³/mol. The molecule has 0 saturated heterocycles. The van der Waals surface area contributed by atoms with Crippen molar-refractivity contribution in [2.75, 3.05) is 18.2 Å². The normalized spacial score (nSPS) is 16.1. The summed E-state index contributed by atoms with van der Waals surface area (Å²) in [6, 6.07) is 12.7. The summed E-state index contributed by atoms with van der Waals surface area (Å²) < 4.78 is 35.8. The molecule has 0 aliphatic carbocycles. The van der Waals surface area contributed by atoms with Crippen molar-refractivity contribution < 1.29 is 13.2 Å². The molecule has 188 valence electrons. The third-order valence-corrected chi connectivity index (χ3v) is 8.70. The Morgan fingerprint density at radius 2 is 1.94 bits per heavy atom. The minimum absolute atomic E-state index is 0.00866. The fraction of sp³-hybridized carbons (Fsp3) is 0.217. The van der Waals surface area contributed by atoms with E-state index in [1.54, 1.807) is 34.8 Å². The summed E-state index contributed by atoms with van der Waals surface area (Å²) in [5.41, 5.74) is 2.27. The summed E-state index contributed by atoms with van der Waals surface area (Å²) in [6.45, 7) is 2.49. The van der Waals surface area contributed by atoms with Gasteiger partial charge in [0.1, 0.15) is 5.75 Å². The Bertz CT molecular complexity index is 1550. The highest BCUT2D eigenvalue weighted by Gasteiger charge is 2.32. The molecule has 1 unspecified atom stereocenters. The van der Waals surface area contributed by atoms with Gasteiger partial charge in [-0.05, 0) is 42.8 Å². The van der Waals surface area contributed by atoms with Gasteiger partial charge in [-0.15, -0.1) is 11.3 Å². The summed E-state index contributed by atoms with van der Waals surface area (Å²) in [4.78, 5) is 4.61. The van der Waals surface area contributed by atoms with E-state index in [0.29, 0.717) is 39.4 Å². The van der Waals surface area contributed by atoms with E-state index in [1.165, 1.54) is 15.7 Å². The molecule has 13 heteroatoms. The van der Waals surface area contributed by atoms with E-state index in [1.807, 2.05) is 31.2 Å². The lowest BCUT2D eigenvalue weighted by molar-refractivity contribution is 0.340. The number of aromatic nitrogens is 2. The van der Waals surface area contributed by atoms with E-state index in [-0.39, 0.29) is 22.8 Å². The summed E-state index contributed by atoms with van der Waals surface area (Å²) >= 11 is 20.0. The highest BCUT2D eigenvalue weighted by Crippen LogP contribution is 2.40. The number of hydrogen-bond donors (Lipinski definition) is 1. The number of nitrogens with one attached hydrogen (secondary N) is 1. The van der Waals surface area contributed by atoms with Gasteiger partial charge in [0.2, 0.25) is 0 Å². The number of thiazole rings is 1. The molecule has 2 aromatic heterocycles. The van der Waals surface area contributed by atoms with Gasteiger partial charge in [0.05, 0.1) is 35.6 Å². The van der Waals surface area contributed by atoms with Crippen molar-refractivity contribution in [2.24, 2.45) is 5.10 Å². The first-order chi connectivity index (χ1) is 17.3. The second-order valence-electron chi connectivity index (χ2n) is 7.92. The third kappa shape index (κ3) is 4.93. The maximum atomic E-state index is 13.1. The van der Waals surface area contributed by atoms with Crippen molar-refractivity contribution in [1.82, 2.24) is 14.1 Å². The van der Waals surface area contributed by atoms with Crippen LogP contribution in [0.1, 0.15) is 24.9 Å². The van der Waals surface area contributed by atoms with Crippen molar-refractivity contribution in [1.29, 1.82) is 0 Å². The SMILES string of the molecule is CCOc1ccc(C2CC(CNS(=O)(=O)c3c(Cl)nc4sccn34)=NN2c2ccc(Cl)cc2Cl)cc1. The van der Waals surface area contributed by atoms with Gasteiger partial charge in [-0.3, -0.25) is 9.41 Å². The van der Waals surface area contributed by atoms with Crippen LogP contribution in [0.5, 0.6) is 5.75 Å². The second kappa shape index (κ2) is 10.2. The van der Waals surface area contributed by atoms with Crippen LogP contribution in [0, 0.1) is 0 Å². The molecule has 0 saturated carbocycles. The average molecular weight is 585 g/mol. The molecule has 1 N–H and O–H groups in total. The largest absolute Gasteiger partial charge is 0.494 e. The molecule has 1 aliphatic heterocycles. The first kappa shape index (κ1) is 25.3. The van der Waals surface area contributed by atoms with Gasteiger partial charge in [-0.1, -0.05) is 46.9 Å². The van der Waals surface area contributed by atoms with E-state index in [4.69, 9.17) is 44.6 Å². The topological polar surface area (TPSA) is 88.3 Å². The maximum absolute atomic E-state index is 13.1. The minimum Gasteiger partial charge on any atom is -0.494 e. The number of hydrogen-bond acceptors (Lipinski definition) is 7. The number of hydrazone groups is 1. The smallest absolute Gasteiger partial charge is 0.260 e. The van der Waals surface area contributed by atoms with E-state index < -0.39 is 10.0 Å². The molecule has 1 atom stereocenters. The zero-order chi connectivity index (χ0) is 25.4. The Morgan fingerprint density at radius 3 is 2.67 bits per heavy atom. The molecule has 0 radical (unpaired) electrons. The van der Waals surface area contributed by atoms with Crippen LogP contribution in [0.15, 0.2) is 64.2 Å². The Hall–Kier alpha value is -2.34. The minimum atomic E-state index is -3.96. The number of halogens is 3. The molecule has 4 aromatic rings. The number of rotatable bonds is 8. The van der Waals surface area contributed by atoms with Crippen molar-refractivity contribution in [2.45, 2.75) is 24.4 Å². The predicted octanol–water partition coefficient (Wildman–Crippen LogP) is 6.04. The molecule has 0 bridgehead atoms. The molecule has 1 aliphatic rings. The number of imidazole rings is 1. The highest BCUT2D eigenvalue weighted by atomic mass is 35.5. The van der Waals surface area contributed by atoms with Crippen LogP contribution in [-0.4, -0.2) is 36.7 Å². The number of benzene rings is 2. The highest BCUT2D eigenvalue weighted by molar-refractivity contribution is 7.89. The molecule has 2 aromatic carbocycles. The molecular formula is C23H20Cl3N5O3S2. The standard InChI is InChI=1S/C23H20Cl3N5O3S2/c1-2-34-17-6-3-14(4-7-17)20-12-16(29-31(20)19-8-5-15(24)11-18(19)25)13-27-36(32,33)22-21(26)28-23-30(22)9-10-35-23/h3-11,20,27H,2,12-13H2,1H3. The van der Waals surface area contributed by atoms with Crippen LogP contribution >= 0.6 is 46.1 Å². The molecule has 0 spiro atoms. The third-order valence-electron chi connectivity index (χ3n) is 5.61. The van der Waals surface area contributed by atoms with Crippen molar-refractivity contribution in [3.8, 4) is 5.75 Å². The molecular weight excluding hydrogens is 565 g/mol. The molecule has 8 nitrogen and oxygen atoms in total. The number of fused-ring (bicyclic) bond motifs is 1. The Labute approximate surface area is 227 Å². The first-order valence-corrected chi connectivity index (χ1v) is 14.4. The van der Waals surface area contributed by atoms with Crippen LogP contribution in [0.3, 0.4) is 0 Å². The van der Waals surface area contributed by atoms with Crippen molar-refractivity contribution >= 4 is 72.5 Å². The zero-order valence-electron chi connectivity index (χ0n) is 18.9. The first-order valence-electron chi connectivity index (χ1n) is 10.9. The van der Waals surface area contributed by atoms with Crippen LogP contribution in [0.4, 0.5) is 5.69 Å². The number of nitrogens with zero attached hydrogens (tertiary/aromatic N) is 4. The van der Waals surface area contributed by atoms with Gasteiger partial charge < -0.3 is 4.74 Å². The van der Waals surface area contributed by atoms with E-state index in [9.17, 15) is 8.42 Å². The molecule has 0 fully saturated rings. The van der Waals surface area contributed by atoms with Gasteiger partial charge in [-0.25, -0.2) is 18.1 Å². The monoisotopic (exact) mass is 583 g/mol. The van der Waals surface area contributed by atoms with Crippen LogP contribution in [0.25, 0.3) is 4.96 Å². The summed E-state index contributed by atoms with van der Waals surface area (Å²) in [7, 11) is -3.96. The fourth-order valence-corrected chi connectivity index (χ4v) is 6.97. The molecule has 3 heterocycles. The van der Waals surface area contributed by atoms with E-state index in [0.717, 1.165) is 11.3 Å². The van der Waals surface area contributed by atoms with Gasteiger partial charge in [0, 0.05) is 23.0 Å².